The summed E-state index contributed by atoms with van der Waals surface area (Å²) in [4.78, 5) is 45.8. The lowest BCUT2D eigenvalue weighted by Gasteiger charge is -2.28. The topological polar surface area (TPSA) is 230 Å². The van der Waals surface area contributed by atoms with Gasteiger partial charge in [-0.25, -0.2) is 46.4 Å². The number of nitrogens with zero attached hydrogens (tertiary/aromatic N) is 4. The molecule has 1 atom stereocenters. The van der Waals surface area contributed by atoms with E-state index in [1.54, 1.807) is 49.1 Å². The molecule has 4 aliphatic carbocycles. The van der Waals surface area contributed by atoms with Crippen LogP contribution in [0, 0.1) is 6.92 Å². The van der Waals surface area contributed by atoms with Crippen molar-refractivity contribution in [3.63, 3.8) is 0 Å². The van der Waals surface area contributed by atoms with Crippen molar-refractivity contribution >= 4 is 77.5 Å². The highest BCUT2D eigenvalue weighted by Gasteiger charge is 2.40. The van der Waals surface area contributed by atoms with Crippen molar-refractivity contribution in [3.8, 4) is 26.6 Å². The maximum absolute atomic E-state index is 13.8. The van der Waals surface area contributed by atoms with Crippen molar-refractivity contribution in [1.29, 1.82) is 0 Å². The van der Waals surface area contributed by atoms with Crippen LogP contribution in [0.2, 0.25) is 0 Å². The number of hydrogen-bond acceptors (Lipinski definition) is 17. The maximum atomic E-state index is 13.8. The molecule has 1 unspecified atom stereocenters. The summed E-state index contributed by atoms with van der Waals surface area (Å²) in [7, 11) is -7.10. The molecule has 4 aliphatic rings. The molecule has 4 heterocycles. The van der Waals surface area contributed by atoms with Gasteiger partial charge in [0.1, 0.15) is 23.5 Å². The zero-order valence-corrected chi connectivity index (χ0v) is 47.0. The van der Waals surface area contributed by atoms with E-state index in [2.05, 4.69) is 31.2 Å². The predicted molar refractivity (Wildman–Crippen MR) is 299 cm³/mol. The van der Waals surface area contributed by atoms with Crippen molar-refractivity contribution in [2.45, 2.75) is 168 Å². The smallest absolute Gasteiger partial charge is 0.407 e. The average molecular weight is 1120 g/mol. The fraction of sp³-hybridized carbons (Fsp3) is 0.464. The Morgan fingerprint density at radius 1 is 0.584 bits per heavy atom. The summed E-state index contributed by atoms with van der Waals surface area (Å²) in [6, 6.07) is 18.3. The van der Waals surface area contributed by atoms with Gasteiger partial charge in [-0.3, -0.25) is 0 Å². The fourth-order valence-electron chi connectivity index (χ4n) is 9.94. The van der Waals surface area contributed by atoms with Crippen molar-refractivity contribution in [3.05, 3.63) is 101 Å². The highest BCUT2D eigenvalue weighted by molar-refractivity contribution is 7.92. The summed E-state index contributed by atoms with van der Waals surface area (Å²) in [5, 5.41) is 13.7. The minimum Gasteiger partial charge on any atom is -0.492 e. The lowest BCUT2D eigenvalue weighted by molar-refractivity contribution is 0.0881. The van der Waals surface area contributed by atoms with Gasteiger partial charge in [0.05, 0.1) is 59.0 Å². The maximum Gasteiger partial charge on any atom is 0.407 e. The number of anilines is 4. The fourth-order valence-corrected chi connectivity index (χ4v) is 16.1. The molecule has 0 aliphatic heterocycles. The van der Waals surface area contributed by atoms with E-state index in [1.807, 2.05) is 64.1 Å². The Bertz CT molecular complexity index is 3270. The van der Waals surface area contributed by atoms with Crippen LogP contribution in [0.1, 0.15) is 132 Å². The second kappa shape index (κ2) is 23.4. The van der Waals surface area contributed by atoms with Crippen LogP contribution >= 0.6 is 22.7 Å². The van der Waals surface area contributed by atoms with Gasteiger partial charge < -0.3 is 35.5 Å². The van der Waals surface area contributed by atoms with Crippen molar-refractivity contribution in [2.24, 2.45) is 0 Å². The zero-order chi connectivity index (χ0) is 53.8. The molecule has 0 spiro atoms. The Hall–Kier alpha value is -6.16. The molecular formula is C56H66N8O9S4. The van der Waals surface area contributed by atoms with E-state index in [1.165, 1.54) is 22.7 Å². The number of sulfone groups is 2. The van der Waals surface area contributed by atoms with Gasteiger partial charge in [0.15, 0.2) is 19.7 Å². The SMILES string of the molecule is Cc1ccc(Nc2ccc(-c3cnc([C@H]4CC[C@H](NC(=O)OC(C)CCOc5ccc(Nc6ccc(-c7cnc([C@H]8CC[C@H](NC(=O)OC(C)C)CC8)s7)c(S(=O)(=O)C7CC7)c6)nc5)CC4)s3)c(S(=O)(=O)C3CC3)c2)nc1. The molecule has 0 saturated heterocycles. The first kappa shape index (κ1) is 54.2. The molecule has 4 aromatic heterocycles. The Morgan fingerprint density at radius 3 is 1.51 bits per heavy atom. The van der Waals surface area contributed by atoms with E-state index in [0.717, 1.165) is 76.7 Å². The molecule has 0 bridgehead atoms. The highest BCUT2D eigenvalue weighted by atomic mass is 32.2. The molecule has 6 aromatic rings. The minimum absolute atomic E-state index is 0.0350. The first-order chi connectivity index (χ1) is 37.0. The van der Waals surface area contributed by atoms with Crippen LogP contribution in [0.4, 0.5) is 32.6 Å². The molecular weight excluding hydrogens is 1060 g/mol. The zero-order valence-electron chi connectivity index (χ0n) is 43.7. The van der Waals surface area contributed by atoms with E-state index in [0.29, 0.717) is 83.5 Å². The summed E-state index contributed by atoms with van der Waals surface area (Å²) in [5.74, 6) is 2.13. The Labute approximate surface area is 458 Å². The molecule has 4 fully saturated rings. The Balaban J connectivity index is 0.670. The number of carbonyl (C=O) groups excluding carboxylic acids is 2. The van der Waals surface area contributed by atoms with Crippen molar-refractivity contribution in [2.75, 3.05) is 17.2 Å². The molecule has 2 aromatic carbocycles. The standard InChI is InChI=1S/C56H66N8O9S4/c1-33(2)72-55(65)63-38-10-6-36(7-11-38)53-59-32-48(74-53)46-22-15-41(28-50(46)77(69,70)44-19-20-44)62-52-24-16-42(30-58-52)71-26-25-35(4)73-56(66)64-39-12-8-37(9-13-39)54-60-31-47(75-54)45-21-14-40(61-51-23-5-34(3)29-57-51)27-49(45)76(67,68)43-17-18-43/h5,14-16,21-24,27-33,35-39,43-44H,6-13,17-20,25-26H2,1-4H3,(H,57,61)(H,58,62)(H,63,65)(H,64,66)/t35?,36-,37-,38-,39-. The molecule has 408 valence electrons. The summed E-state index contributed by atoms with van der Waals surface area (Å²) in [6.07, 6.45) is 15.1. The number of hydrogen-bond donors (Lipinski definition) is 4. The summed E-state index contributed by atoms with van der Waals surface area (Å²) >= 11 is 3.07. The number of amides is 2. The summed E-state index contributed by atoms with van der Waals surface area (Å²) < 4.78 is 72.0. The van der Waals surface area contributed by atoms with Crippen LogP contribution in [0.25, 0.3) is 20.9 Å². The number of aryl methyl sites for hydroxylation is 1. The van der Waals surface area contributed by atoms with Crippen molar-refractivity contribution < 1.29 is 40.6 Å². The number of nitrogens with one attached hydrogen (secondary N) is 4. The quantitative estimate of drug-likeness (QED) is 0.0557. The third-order valence-corrected chi connectivity index (χ3v) is 21.5. The number of rotatable bonds is 20. The monoisotopic (exact) mass is 1120 g/mol. The van der Waals surface area contributed by atoms with E-state index < -0.39 is 37.1 Å². The van der Waals surface area contributed by atoms with Gasteiger partial charge >= 0.3 is 12.2 Å². The van der Waals surface area contributed by atoms with Crippen molar-refractivity contribution in [1.82, 2.24) is 30.6 Å². The Kier molecular flexibility index (Phi) is 16.5. The number of aromatic nitrogens is 4. The van der Waals surface area contributed by atoms with E-state index in [9.17, 15) is 26.4 Å². The largest absolute Gasteiger partial charge is 0.492 e. The highest BCUT2D eigenvalue weighted by Crippen LogP contribution is 2.45. The number of pyridine rings is 2. The molecule has 0 radical (unpaired) electrons. The van der Waals surface area contributed by atoms with Gasteiger partial charge in [-0.05, 0) is 153 Å². The first-order valence-corrected chi connectivity index (χ1v) is 31.4. The number of benzene rings is 2. The summed E-state index contributed by atoms with van der Waals surface area (Å²) in [6.45, 7) is 7.74. The molecule has 2 amide bonds. The van der Waals surface area contributed by atoms with Gasteiger partial charge in [-0.2, -0.15) is 0 Å². The second-order valence-electron chi connectivity index (χ2n) is 21.1. The van der Waals surface area contributed by atoms with Gasteiger partial charge in [0.25, 0.3) is 0 Å². The molecule has 17 nitrogen and oxygen atoms in total. The van der Waals surface area contributed by atoms with Crippen LogP contribution in [-0.2, 0) is 29.1 Å². The van der Waals surface area contributed by atoms with Gasteiger partial charge in [-0.1, -0.05) is 18.2 Å². The third kappa shape index (κ3) is 13.6. The van der Waals surface area contributed by atoms with Gasteiger partial charge in [0.2, 0.25) is 0 Å². The number of thiazole rings is 2. The lowest BCUT2D eigenvalue weighted by atomic mass is 9.86. The van der Waals surface area contributed by atoms with Crippen LogP contribution in [0.3, 0.4) is 0 Å². The van der Waals surface area contributed by atoms with E-state index in [4.69, 9.17) is 24.2 Å². The average Bonchev–Trinajstić information content (AvgIpc) is 4.38. The molecule has 77 heavy (non-hydrogen) atoms. The Morgan fingerprint density at radius 2 is 1.06 bits per heavy atom. The number of ether oxygens (including phenoxy) is 3. The first-order valence-electron chi connectivity index (χ1n) is 26.7. The van der Waals surface area contributed by atoms with Gasteiger partial charge in [0, 0.05) is 71.4 Å². The third-order valence-electron chi connectivity index (χ3n) is 14.5. The molecule has 4 saturated carbocycles. The lowest BCUT2D eigenvalue weighted by Crippen LogP contribution is -2.39. The molecule has 4 N–H and O–H groups in total. The second-order valence-corrected chi connectivity index (χ2v) is 27.6. The van der Waals surface area contributed by atoms with Gasteiger partial charge in [-0.15, -0.1) is 22.7 Å². The number of carbonyl (C=O) groups is 2. The predicted octanol–water partition coefficient (Wildman–Crippen LogP) is 12.2. The van der Waals surface area contributed by atoms with E-state index in [-0.39, 0.29) is 46.3 Å². The molecule has 21 heteroatoms. The van der Waals surface area contributed by atoms with Crippen LogP contribution in [0.15, 0.2) is 95.2 Å². The van der Waals surface area contributed by atoms with Crippen LogP contribution in [-0.4, -0.2) is 90.4 Å². The minimum atomic E-state index is -3.58. The van der Waals surface area contributed by atoms with Crippen LogP contribution in [0.5, 0.6) is 5.75 Å². The van der Waals surface area contributed by atoms with Crippen LogP contribution < -0.4 is 26.0 Å². The normalized spacial score (nSPS) is 20.2. The molecule has 10 rings (SSSR count). The van der Waals surface area contributed by atoms with E-state index >= 15 is 0 Å². The summed E-state index contributed by atoms with van der Waals surface area (Å²) in [5.41, 5.74) is 3.59. The number of alkyl carbamates (subject to hydrolysis) is 2.